The van der Waals surface area contributed by atoms with Gasteiger partial charge in [-0.15, -0.1) is 11.3 Å². The smallest absolute Gasteiger partial charge is 0.145 e. The third kappa shape index (κ3) is 1.42. The zero-order chi connectivity index (χ0) is 9.42. The predicted molar refractivity (Wildman–Crippen MR) is 53.6 cm³/mol. The van der Waals surface area contributed by atoms with Crippen molar-refractivity contribution in [2.45, 2.75) is 13.8 Å². The molecule has 2 rings (SSSR count). The Kier molecular flexibility index (Phi) is 1.81. The highest BCUT2D eigenvalue weighted by molar-refractivity contribution is 7.15. The van der Waals surface area contributed by atoms with E-state index >= 15 is 0 Å². The van der Waals surface area contributed by atoms with Crippen LogP contribution in [0, 0.1) is 13.8 Å². The van der Waals surface area contributed by atoms with E-state index in [0.717, 1.165) is 16.4 Å². The number of H-pyrrole nitrogens is 1. The summed E-state index contributed by atoms with van der Waals surface area (Å²) < 4.78 is 0. The Morgan fingerprint density at radius 2 is 2.23 bits per heavy atom. The van der Waals surface area contributed by atoms with Crippen molar-refractivity contribution in [3.05, 3.63) is 16.6 Å². The second kappa shape index (κ2) is 2.85. The lowest BCUT2D eigenvalue weighted by atomic mass is 10.4. The maximum atomic E-state index is 5.50. The molecule has 13 heavy (non-hydrogen) atoms. The van der Waals surface area contributed by atoms with E-state index in [1.165, 1.54) is 4.88 Å². The molecule has 0 bridgehead atoms. The van der Waals surface area contributed by atoms with Gasteiger partial charge in [0.05, 0.1) is 11.4 Å². The SMILES string of the molecule is Cc1nc(-c2cc(N)n[nH]2)sc1C. The van der Waals surface area contributed by atoms with Gasteiger partial charge in [0, 0.05) is 10.9 Å². The molecule has 0 unspecified atom stereocenters. The molecule has 68 valence electrons. The normalized spacial score (nSPS) is 10.6. The molecule has 0 aromatic carbocycles. The van der Waals surface area contributed by atoms with E-state index < -0.39 is 0 Å². The van der Waals surface area contributed by atoms with E-state index in [-0.39, 0.29) is 0 Å². The van der Waals surface area contributed by atoms with Crippen LogP contribution in [0.1, 0.15) is 10.6 Å². The number of nitrogens with one attached hydrogen (secondary N) is 1. The summed E-state index contributed by atoms with van der Waals surface area (Å²) in [5.74, 6) is 0.500. The molecule has 0 fully saturated rings. The number of nitrogen functional groups attached to an aromatic ring is 1. The van der Waals surface area contributed by atoms with Crippen molar-refractivity contribution in [2.24, 2.45) is 0 Å². The molecule has 0 amide bonds. The van der Waals surface area contributed by atoms with Crippen molar-refractivity contribution < 1.29 is 0 Å². The fourth-order valence-electron chi connectivity index (χ4n) is 1.03. The van der Waals surface area contributed by atoms with E-state index in [9.17, 15) is 0 Å². The molecule has 0 atom stereocenters. The summed E-state index contributed by atoms with van der Waals surface area (Å²) >= 11 is 1.64. The number of nitrogens with two attached hydrogens (primary N) is 1. The molecule has 0 aliphatic heterocycles. The highest BCUT2D eigenvalue weighted by Gasteiger charge is 2.07. The zero-order valence-electron chi connectivity index (χ0n) is 7.46. The largest absolute Gasteiger partial charge is 0.382 e. The third-order valence-electron chi connectivity index (χ3n) is 1.86. The van der Waals surface area contributed by atoms with Crippen LogP contribution >= 0.6 is 11.3 Å². The highest BCUT2D eigenvalue weighted by atomic mass is 32.1. The number of hydrogen-bond donors (Lipinski definition) is 2. The van der Waals surface area contributed by atoms with Gasteiger partial charge in [-0.2, -0.15) is 5.10 Å². The number of nitrogens with zero attached hydrogens (tertiary/aromatic N) is 2. The van der Waals surface area contributed by atoms with Crippen molar-refractivity contribution in [1.82, 2.24) is 15.2 Å². The topological polar surface area (TPSA) is 67.6 Å². The number of aromatic nitrogens is 3. The second-order valence-electron chi connectivity index (χ2n) is 2.87. The van der Waals surface area contributed by atoms with E-state index in [2.05, 4.69) is 22.1 Å². The van der Waals surface area contributed by atoms with Gasteiger partial charge in [0.1, 0.15) is 10.8 Å². The van der Waals surface area contributed by atoms with Crippen LogP contribution in [0.5, 0.6) is 0 Å². The van der Waals surface area contributed by atoms with Crippen LogP contribution < -0.4 is 5.73 Å². The molecular formula is C8H10N4S. The Bertz CT molecular complexity index is 410. The average molecular weight is 194 g/mol. The zero-order valence-corrected chi connectivity index (χ0v) is 8.27. The molecule has 4 nitrogen and oxygen atoms in total. The number of aryl methyl sites for hydroxylation is 2. The molecule has 0 aliphatic rings. The summed E-state index contributed by atoms with van der Waals surface area (Å²) in [6, 6.07) is 1.79. The van der Waals surface area contributed by atoms with Crippen LogP contribution in [0.15, 0.2) is 6.07 Å². The minimum atomic E-state index is 0.500. The number of anilines is 1. The lowest BCUT2D eigenvalue weighted by Gasteiger charge is -1.85. The van der Waals surface area contributed by atoms with Gasteiger partial charge in [0.25, 0.3) is 0 Å². The lowest BCUT2D eigenvalue weighted by Crippen LogP contribution is -1.81. The monoisotopic (exact) mass is 194 g/mol. The van der Waals surface area contributed by atoms with Crippen molar-refractivity contribution in [1.29, 1.82) is 0 Å². The summed E-state index contributed by atoms with van der Waals surface area (Å²) in [4.78, 5) is 5.61. The van der Waals surface area contributed by atoms with Gasteiger partial charge in [0.2, 0.25) is 0 Å². The van der Waals surface area contributed by atoms with Crippen LogP contribution in [0.25, 0.3) is 10.7 Å². The minimum absolute atomic E-state index is 0.500. The van der Waals surface area contributed by atoms with E-state index in [4.69, 9.17) is 5.73 Å². The molecular weight excluding hydrogens is 184 g/mol. The molecule has 0 saturated carbocycles. The first-order valence-electron chi connectivity index (χ1n) is 3.92. The quantitative estimate of drug-likeness (QED) is 0.726. The van der Waals surface area contributed by atoms with Crippen LogP contribution in [0.4, 0.5) is 5.82 Å². The number of hydrogen-bond acceptors (Lipinski definition) is 4. The van der Waals surface area contributed by atoms with Crippen molar-refractivity contribution in [2.75, 3.05) is 5.73 Å². The molecule has 2 heterocycles. The van der Waals surface area contributed by atoms with Crippen LogP contribution in [0.2, 0.25) is 0 Å². The molecule has 0 radical (unpaired) electrons. The van der Waals surface area contributed by atoms with Gasteiger partial charge < -0.3 is 5.73 Å². The first-order valence-corrected chi connectivity index (χ1v) is 4.74. The fourth-order valence-corrected chi connectivity index (χ4v) is 1.92. The minimum Gasteiger partial charge on any atom is -0.382 e. The summed E-state index contributed by atoms with van der Waals surface area (Å²) in [6.07, 6.45) is 0. The van der Waals surface area contributed by atoms with Gasteiger partial charge in [-0.1, -0.05) is 0 Å². The maximum Gasteiger partial charge on any atom is 0.145 e. The molecule has 5 heteroatoms. The van der Waals surface area contributed by atoms with Crippen LogP contribution in [-0.4, -0.2) is 15.2 Å². The average Bonchev–Trinajstić information content (AvgIpc) is 2.61. The second-order valence-corrected chi connectivity index (χ2v) is 4.07. The Labute approximate surface area is 79.8 Å². The highest BCUT2D eigenvalue weighted by Crippen LogP contribution is 2.26. The van der Waals surface area contributed by atoms with Crippen molar-refractivity contribution in [3.63, 3.8) is 0 Å². The van der Waals surface area contributed by atoms with Crippen molar-refractivity contribution >= 4 is 17.2 Å². The third-order valence-corrected chi connectivity index (χ3v) is 2.96. The van der Waals surface area contributed by atoms with Gasteiger partial charge in [-0.3, -0.25) is 5.10 Å². The van der Waals surface area contributed by atoms with E-state index in [1.807, 2.05) is 6.92 Å². The molecule has 3 N–H and O–H groups in total. The van der Waals surface area contributed by atoms with Crippen LogP contribution in [0.3, 0.4) is 0 Å². The van der Waals surface area contributed by atoms with E-state index in [0.29, 0.717) is 5.82 Å². The number of thiazole rings is 1. The molecule has 0 spiro atoms. The molecule has 2 aromatic rings. The predicted octanol–water partition coefficient (Wildman–Crippen LogP) is 1.73. The van der Waals surface area contributed by atoms with Gasteiger partial charge in [0.15, 0.2) is 0 Å². The number of aromatic amines is 1. The Morgan fingerprint density at radius 3 is 2.69 bits per heavy atom. The number of rotatable bonds is 1. The van der Waals surface area contributed by atoms with Crippen LogP contribution in [-0.2, 0) is 0 Å². The lowest BCUT2D eigenvalue weighted by molar-refractivity contribution is 1.10. The Balaban J connectivity index is 2.46. The first-order chi connectivity index (χ1) is 6.16. The summed E-state index contributed by atoms with van der Waals surface area (Å²) in [5.41, 5.74) is 7.45. The maximum absolute atomic E-state index is 5.50. The Morgan fingerprint density at radius 1 is 1.46 bits per heavy atom. The van der Waals surface area contributed by atoms with Gasteiger partial charge in [-0.25, -0.2) is 4.98 Å². The summed E-state index contributed by atoms with van der Waals surface area (Å²) in [6.45, 7) is 4.05. The standard InChI is InChI=1S/C8H10N4S/c1-4-5(2)13-8(10-4)6-3-7(9)12-11-6/h3H,1-2H3,(H3,9,11,12). The summed E-state index contributed by atoms with van der Waals surface area (Å²) in [7, 11) is 0. The molecule has 0 saturated heterocycles. The molecule has 2 aromatic heterocycles. The van der Waals surface area contributed by atoms with Gasteiger partial charge >= 0.3 is 0 Å². The summed E-state index contributed by atoms with van der Waals surface area (Å²) in [5, 5.41) is 7.63. The first kappa shape index (κ1) is 8.25. The fraction of sp³-hybridized carbons (Fsp3) is 0.250. The van der Waals surface area contributed by atoms with Crippen molar-refractivity contribution in [3.8, 4) is 10.7 Å². The van der Waals surface area contributed by atoms with Gasteiger partial charge in [-0.05, 0) is 13.8 Å². The molecule has 0 aliphatic carbocycles. The van der Waals surface area contributed by atoms with E-state index in [1.54, 1.807) is 17.4 Å². The Hall–Kier alpha value is -1.36.